The standard InChI is InChI=1S/C19H19ClN2O/c1-2-3-5-10-19(23)22-16-11-12-18(17(20)13-16)21-14-15-8-6-4-7-9-15/h2-13,21H,14H2,1H3,(H,22,23). The lowest BCUT2D eigenvalue weighted by Gasteiger charge is -2.10. The smallest absolute Gasteiger partial charge is 0.248 e. The molecule has 0 saturated heterocycles. The van der Waals surface area contributed by atoms with Crippen molar-refractivity contribution in [1.29, 1.82) is 0 Å². The summed E-state index contributed by atoms with van der Waals surface area (Å²) in [5, 5.41) is 6.62. The van der Waals surface area contributed by atoms with Crippen molar-refractivity contribution < 1.29 is 4.79 Å². The molecule has 2 N–H and O–H groups in total. The summed E-state index contributed by atoms with van der Waals surface area (Å²) in [5.74, 6) is -0.191. The van der Waals surface area contributed by atoms with Crippen LogP contribution in [0.15, 0.2) is 72.8 Å². The Hall–Kier alpha value is -2.52. The molecule has 0 fully saturated rings. The molecule has 0 radical (unpaired) electrons. The first kappa shape index (κ1) is 16.8. The van der Waals surface area contributed by atoms with Crippen LogP contribution in [0.25, 0.3) is 0 Å². The van der Waals surface area contributed by atoms with Gasteiger partial charge in [-0.05, 0) is 30.7 Å². The van der Waals surface area contributed by atoms with E-state index in [4.69, 9.17) is 11.6 Å². The van der Waals surface area contributed by atoms with E-state index in [0.717, 1.165) is 5.69 Å². The third kappa shape index (κ3) is 5.64. The number of carbonyl (C=O) groups is 1. The SMILES string of the molecule is CC=CC=CC(=O)Nc1ccc(NCc2ccccc2)c(Cl)c1. The van der Waals surface area contributed by atoms with Gasteiger partial charge >= 0.3 is 0 Å². The molecule has 0 aliphatic rings. The first-order valence-corrected chi connectivity index (χ1v) is 7.74. The molecule has 0 saturated carbocycles. The van der Waals surface area contributed by atoms with Gasteiger partial charge in [-0.25, -0.2) is 0 Å². The van der Waals surface area contributed by atoms with E-state index in [0.29, 0.717) is 17.3 Å². The van der Waals surface area contributed by atoms with Gasteiger partial charge in [0.15, 0.2) is 0 Å². The molecule has 0 aliphatic carbocycles. The molecule has 4 heteroatoms. The third-order valence-electron chi connectivity index (χ3n) is 3.11. The van der Waals surface area contributed by atoms with E-state index in [1.165, 1.54) is 11.6 Å². The van der Waals surface area contributed by atoms with Crippen LogP contribution in [-0.2, 0) is 11.3 Å². The van der Waals surface area contributed by atoms with E-state index in [9.17, 15) is 4.79 Å². The maximum atomic E-state index is 11.7. The first-order chi connectivity index (χ1) is 11.2. The summed E-state index contributed by atoms with van der Waals surface area (Å²) in [4.78, 5) is 11.7. The third-order valence-corrected chi connectivity index (χ3v) is 3.43. The zero-order chi connectivity index (χ0) is 16.5. The zero-order valence-corrected chi connectivity index (χ0v) is 13.7. The number of carbonyl (C=O) groups excluding carboxylic acids is 1. The normalized spacial score (nSPS) is 11.0. The summed E-state index contributed by atoms with van der Waals surface area (Å²) in [5.41, 5.74) is 2.67. The second-order valence-corrected chi connectivity index (χ2v) is 5.32. The van der Waals surface area contributed by atoms with E-state index < -0.39 is 0 Å². The van der Waals surface area contributed by atoms with Gasteiger partial charge in [0.1, 0.15) is 0 Å². The topological polar surface area (TPSA) is 41.1 Å². The minimum absolute atomic E-state index is 0.191. The van der Waals surface area contributed by atoms with Crippen LogP contribution in [0.3, 0.4) is 0 Å². The maximum Gasteiger partial charge on any atom is 0.248 e. The fourth-order valence-electron chi connectivity index (χ4n) is 1.97. The molecule has 2 aromatic carbocycles. The highest BCUT2D eigenvalue weighted by atomic mass is 35.5. The number of benzene rings is 2. The molecular formula is C19H19ClN2O. The van der Waals surface area contributed by atoms with Crippen LogP contribution in [-0.4, -0.2) is 5.91 Å². The lowest BCUT2D eigenvalue weighted by atomic mass is 10.2. The van der Waals surface area contributed by atoms with Crippen molar-refractivity contribution in [2.75, 3.05) is 10.6 Å². The van der Waals surface area contributed by atoms with Crippen molar-refractivity contribution >= 4 is 28.9 Å². The van der Waals surface area contributed by atoms with Crippen molar-refractivity contribution in [1.82, 2.24) is 0 Å². The maximum absolute atomic E-state index is 11.7. The fraction of sp³-hybridized carbons (Fsp3) is 0.105. The molecule has 0 spiro atoms. The lowest BCUT2D eigenvalue weighted by Crippen LogP contribution is -2.08. The van der Waals surface area contributed by atoms with Crippen LogP contribution in [0.4, 0.5) is 11.4 Å². The van der Waals surface area contributed by atoms with E-state index in [1.807, 2.05) is 55.5 Å². The summed E-state index contributed by atoms with van der Waals surface area (Å²) in [6.45, 7) is 2.58. The van der Waals surface area contributed by atoms with Crippen LogP contribution in [0.5, 0.6) is 0 Å². The summed E-state index contributed by atoms with van der Waals surface area (Å²) in [7, 11) is 0. The number of allylic oxidation sites excluding steroid dienone is 3. The predicted molar refractivity (Wildman–Crippen MR) is 97.8 cm³/mol. The predicted octanol–water partition coefficient (Wildman–Crippen LogP) is 5.02. The lowest BCUT2D eigenvalue weighted by molar-refractivity contribution is -0.111. The Morgan fingerprint density at radius 3 is 2.61 bits per heavy atom. The van der Waals surface area contributed by atoms with Gasteiger partial charge in [0.05, 0.1) is 10.7 Å². The zero-order valence-electron chi connectivity index (χ0n) is 12.9. The molecule has 0 atom stereocenters. The summed E-state index contributed by atoms with van der Waals surface area (Å²) >= 11 is 6.26. The molecule has 3 nitrogen and oxygen atoms in total. The average Bonchev–Trinajstić information content (AvgIpc) is 2.55. The number of nitrogens with one attached hydrogen (secondary N) is 2. The molecule has 2 rings (SSSR count). The molecule has 0 unspecified atom stereocenters. The Balaban J connectivity index is 1.96. The quantitative estimate of drug-likeness (QED) is 0.578. The number of hydrogen-bond donors (Lipinski definition) is 2. The Bertz CT molecular complexity index is 709. The highest BCUT2D eigenvalue weighted by molar-refractivity contribution is 6.33. The average molecular weight is 327 g/mol. The van der Waals surface area contributed by atoms with Crippen molar-refractivity contribution in [2.24, 2.45) is 0 Å². The summed E-state index contributed by atoms with van der Waals surface area (Å²) < 4.78 is 0. The van der Waals surface area contributed by atoms with E-state index in [-0.39, 0.29) is 5.91 Å². The molecule has 0 aliphatic heterocycles. The van der Waals surface area contributed by atoms with Gasteiger partial charge in [0.2, 0.25) is 5.91 Å². The number of anilines is 2. The van der Waals surface area contributed by atoms with Gasteiger partial charge in [0, 0.05) is 18.3 Å². The van der Waals surface area contributed by atoms with Crippen LogP contribution in [0.1, 0.15) is 12.5 Å². The molecule has 0 aromatic heterocycles. The van der Waals surface area contributed by atoms with E-state index in [1.54, 1.807) is 18.2 Å². The Kier molecular flexibility index (Phi) is 6.45. The fourth-order valence-corrected chi connectivity index (χ4v) is 2.21. The summed E-state index contributed by atoms with van der Waals surface area (Å²) in [6, 6.07) is 15.5. The van der Waals surface area contributed by atoms with Crippen molar-refractivity contribution in [3.8, 4) is 0 Å². The number of amides is 1. The van der Waals surface area contributed by atoms with Gasteiger partial charge in [0.25, 0.3) is 0 Å². The first-order valence-electron chi connectivity index (χ1n) is 7.36. The van der Waals surface area contributed by atoms with Gasteiger partial charge in [-0.1, -0.05) is 60.2 Å². The number of rotatable bonds is 6. The van der Waals surface area contributed by atoms with Crippen molar-refractivity contribution in [3.63, 3.8) is 0 Å². The van der Waals surface area contributed by atoms with Crippen LogP contribution in [0.2, 0.25) is 5.02 Å². The van der Waals surface area contributed by atoms with Gasteiger partial charge in [-0.3, -0.25) is 4.79 Å². The molecule has 0 bridgehead atoms. The molecular weight excluding hydrogens is 308 g/mol. The number of halogens is 1. The van der Waals surface area contributed by atoms with Crippen LogP contribution >= 0.6 is 11.6 Å². The molecule has 118 valence electrons. The van der Waals surface area contributed by atoms with Crippen LogP contribution in [0, 0.1) is 0 Å². The largest absolute Gasteiger partial charge is 0.380 e. The Morgan fingerprint density at radius 1 is 1.13 bits per heavy atom. The van der Waals surface area contributed by atoms with Gasteiger partial charge in [-0.2, -0.15) is 0 Å². The highest BCUT2D eigenvalue weighted by Gasteiger charge is 2.03. The van der Waals surface area contributed by atoms with E-state index in [2.05, 4.69) is 10.6 Å². The second-order valence-electron chi connectivity index (χ2n) is 4.91. The molecule has 0 heterocycles. The second kappa shape index (κ2) is 8.81. The molecule has 1 amide bonds. The van der Waals surface area contributed by atoms with Crippen molar-refractivity contribution in [3.05, 3.63) is 83.4 Å². The van der Waals surface area contributed by atoms with E-state index >= 15 is 0 Å². The summed E-state index contributed by atoms with van der Waals surface area (Å²) in [6.07, 6.45) is 6.80. The minimum atomic E-state index is -0.191. The monoisotopic (exact) mass is 326 g/mol. The minimum Gasteiger partial charge on any atom is -0.380 e. The van der Waals surface area contributed by atoms with Gasteiger partial charge < -0.3 is 10.6 Å². The molecule has 2 aromatic rings. The molecule has 23 heavy (non-hydrogen) atoms. The van der Waals surface area contributed by atoms with Gasteiger partial charge in [-0.15, -0.1) is 0 Å². The Labute approximate surface area is 141 Å². The van der Waals surface area contributed by atoms with Crippen LogP contribution < -0.4 is 10.6 Å². The number of hydrogen-bond acceptors (Lipinski definition) is 2. The highest BCUT2D eigenvalue weighted by Crippen LogP contribution is 2.26. The Morgan fingerprint density at radius 2 is 1.91 bits per heavy atom. The van der Waals surface area contributed by atoms with Crippen molar-refractivity contribution in [2.45, 2.75) is 13.5 Å².